The molecule has 28 heavy (non-hydrogen) atoms. The maximum absolute atomic E-state index is 12.2. The van der Waals surface area contributed by atoms with Gasteiger partial charge in [-0.15, -0.1) is 11.3 Å². The molecule has 2 heterocycles. The van der Waals surface area contributed by atoms with Gasteiger partial charge in [0.1, 0.15) is 0 Å². The Labute approximate surface area is 163 Å². The molecule has 0 saturated heterocycles. The number of nitrogens with zero attached hydrogens (tertiary/aromatic N) is 3. The Hall–Kier alpha value is -3.66. The number of amides is 1. The molecule has 3 aromatic rings. The number of nitrogens with one attached hydrogen (secondary N) is 1. The number of pyridine rings is 1. The van der Waals surface area contributed by atoms with Gasteiger partial charge in [0.25, 0.3) is 11.6 Å². The molecule has 1 N–H and O–H groups in total. The number of nitro benzene ring substituents is 1. The average molecular weight is 398 g/mol. The van der Waals surface area contributed by atoms with E-state index < -0.39 is 22.9 Å². The lowest BCUT2D eigenvalue weighted by molar-refractivity contribution is -0.384. The summed E-state index contributed by atoms with van der Waals surface area (Å²) in [5, 5.41) is 15.4. The van der Waals surface area contributed by atoms with Crippen molar-refractivity contribution in [3.63, 3.8) is 0 Å². The number of hydrogen-bond donors (Lipinski definition) is 1. The molecule has 2 aromatic heterocycles. The van der Waals surface area contributed by atoms with E-state index in [-0.39, 0.29) is 16.4 Å². The summed E-state index contributed by atoms with van der Waals surface area (Å²) in [6.07, 6.45) is 1.82. The average Bonchev–Trinajstić information content (AvgIpc) is 3.17. The second kappa shape index (κ2) is 8.35. The molecule has 0 aliphatic carbocycles. The van der Waals surface area contributed by atoms with Crippen molar-refractivity contribution >= 4 is 34.0 Å². The van der Waals surface area contributed by atoms with E-state index >= 15 is 0 Å². The van der Waals surface area contributed by atoms with Gasteiger partial charge < -0.3 is 4.74 Å². The molecule has 1 atom stereocenters. The van der Waals surface area contributed by atoms with E-state index in [1.807, 2.05) is 0 Å². The summed E-state index contributed by atoms with van der Waals surface area (Å²) in [7, 11) is 0. The summed E-state index contributed by atoms with van der Waals surface area (Å²) in [6, 6.07) is 9.16. The predicted molar refractivity (Wildman–Crippen MR) is 102 cm³/mol. The number of thiazole rings is 1. The Morgan fingerprint density at radius 3 is 2.82 bits per heavy atom. The fourth-order valence-electron chi connectivity index (χ4n) is 2.22. The van der Waals surface area contributed by atoms with Gasteiger partial charge in [-0.25, -0.2) is 9.78 Å². The Bertz CT molecular complexity index is 1020. The number of nitro groups is 1. The van der Waals surface area contributed by atoms with Gasteiger partial charge in [0.05, 0.1) is 16.2 Å². The van der Waals surface area contributed by atoms with Gasteiger partial charge in [-0.2, -0.15) is 0 Å². The zero-order chi connectivity index (χ0) is 20.1. The van der Waals surface area contributed by atoms with Crippen LogP contribution in [0.25, 0.3) is 11.3 Å². The van der Waals surface area contributed by atoms with E-state index in [9.17, 15) is 19.7 Å². The highest BCUT2D eigenvalue weighted by Gasteiger charge is 2.20. The molecule has 1 aromatic carbocycles. The van der Waals surface area contributed by atoms with Gasteiger partial charge in [-0.3, -0.25) is 25.2 Å². The molecule has 0 saturated carbocycles. The van der Waals surface area contributed by atoms with Crippen molar-refractivity contribution in [3.05, 3.63) is 69.8 Å². The van der Waals surface area contributed by atoms with Gasteiger partial charge in [0.2, 0.25) is 0 Å². The van der Waals surface area contributed by atoms with Crippen molar-refractivity contribution in [1.82, 2.24) is 9.97 Å². The number of carbonyl (C=O) groups excluding carboxylic acids is 2. The van der Waals surface area contributed by atoms with Gasteiger partial charge in [0, 0.05) is 35.5 Å². The van der Waals surface area contributed by atoms with E-state index in [0.29, 0.717) is 11.3 Å². The summed E-state index contributed by atoms with van der Waals surface area (Å²) >= 11 is 1.16. The van der Waals surface area contributed by atoms with Crippen molar-refractivity contribution < 1.29 is 19.2 Å². The maximum atomic E-state index is 12.2. The number of anilines is 1. The third kappa shape index (κ3) is 4.54. The van der Waals surface area contributed by atoms with Crippen LogP contribution >= 0.6 is 11.3 Å². The Morgan fingerprint density at radius 2 is 2.11 bits per heavy atom. The summed E-state index contributed by atoms with van der Waals surface area (Å²) in [5.41, 5.74) is 1.24. The van der Waals surface area contributed by atoms with Crippen LogP contribution < -0.4 is 5.32 Å². The fraction of sp³-hybridized carbons (Fsp3) is 0.111. The van der Waals surface area contributed by atoms with Crippen LogP contribution in [0.15, 0.2) is 54.2 Å². The Kier molecular flexibility index (Phi) is 5.70. The minimum absolute atomic E-state index is 0.0491. The molecule has 0 aliphatic rings. The van der Waals surface area contributed by atoms with Crippen molar-refractivity contribution in [2.45, 2.75) is 13.0 Å². The van der Waals surface area contributed by atoms with Crippen molar-refractivity contribution in [2.75, 3.05) is 5.32 Å². The van der Waals surface area contributed by atoms with Crippen LogP contribution in [0.2, 0.25) is 0 Å². The SMILES string of the molecule is CC(OC(=O)c1cccnc1)C(=O)Nc1nc(-c2cccc([N+](=O)[O-])c2)cs1. The Morgan fingerprint density at radius 1 is 1.29 bits per heavy atom. The molecule has 1 amide bonds. The summed E-state index contributed by atoms with van der Waals surface area (Å²) in [6.45, 7) is 1.44. The number of non-ortho nitro benzene ring substituents is 1. The van der Waals surface area contributed by atoms with E-state index in [2.05, 4.69) is 15.3 Å². The monoisotopic (exact) mass is 398 g/mol. The molecule has 0 fully saturated rings. The third-order valence-electron chi connectivity index (χ3n) is 3.64. The van der Waals surface area contributed by atoms with Crippen LogP contribution in [-0.4, -0.2) is 32.9 Å². The first kappa shape index (κ1) is 19.1. The number of rotatable bonds is 6. The minimum Gasteiger partial charge on any atom is -0.449 e. The highest BCUT2D eigenvalue weighted by atomic mass is 32.1. The number of ether oxygens (including phenoxy) is 1. The summed E-state index contributed by atoms with van der Waals surface area (Å²) < 4.78 is 5.11. The third-order valence-corrected chi connectivity index (χ3v) is 4.40. The highest BCUT2D eigenvalue weighted by Crippen LogP contribution is 2.27. The highest BCUT2D eigenvalue weighted by molar-refractivity contribution is 7.14. The molecule has 1 unspecified atom stereocenters. The van der Waals surface area contributed by atoms with Crippen molar-refractivity contribution in [2.24, 2.45) is 0 Å². The van der Waals surface area contributed by atoms with Gasteiger partial charge in [-0.1, -0.05) is 12.1 Å². The standard InChI is InChI=1S/C18H14N4O5S/c1-11(27-17(24)13-5-3-7-19-9-13)16(23)21-18-20-15(10-28-18)12-4-2-6-14(8-12)22(25)26/h2-11H,1H3,(H,20,21,23). The van der Waals surface area contributed by atoms with Crippen molar-refractivity contribution in [1.29, 1.82) is 0 Å². The summed E-state index contributed by atoms with van der Waals surface area (Å²) in [5.74, 6) is -1.20. The number of carbonyl (C=O) groups is 2. The predicted octanol–water partition coefficient (Wildman–Crippen LogP) is 3.30. The van der Waals surface area contributed by atoms with Crippen molar-refractivity contribution in [3.8, 4) is 11.3 Å². The van der Waals surface area contributed by atoms with Crippen LogP contribution in [0.4, 0.5) is 10.8 Å². The van der Waals surface area contributed by atoms with E-state index in [0.717, 1.165) is 11.3 Å². The molecule has 0 spiro atoms. The van der Waals surface area contributed by atoms with E-state index in [1.54, 1.807) is 23.6 Å². The lowest BCUT2D eigenvalue weighted by Gasteiger charge is -2.12. The van der Waals surface area contributed by atoms with Crippen LogP contribution in [0.5, 0.6) is 0 Å². The lowest BCUT2D eigenvalue weighted by atomic mass is 10.1. The minimum atomic E-state index is -1.04. The van der Waals surface area contributed by atoms with Gasteiger partial charge in [-0.05, 0) is 19.1 Å². The number of esters is 1. The van der Waals surface area contributed by atoms with Crippen LogP contribution in [0.3, 0.4) is 0 Å². The second-order valence-corrected chi connectivity index (χ2v) is 6.48. The number of benzene rings is 1. The molecular formula is C18H14N4O5S. The number of aromatic nitrogens is 2. The lowest BCUT2D eigenvalue weighted by Crippen LogP contribution is -2.30. The van der Waals surface area contributed by atoms with E-state index in [1.165, 1.54) is 37.5 Å². The smallest absolute Gasteiger partial charge is 0.340 e. The van der Waals surface area contributed by atoms with E-state index in [4.69, 9.17) is 4.74 Å². The van der Waals surface area contributed by atoms with Gasteiger partial charge in [0.15, 0.2) is 11.2 Å². The molecule has 0 bridgehead atoms. The molecular weight excluding hydrogens is 384 g/mol. The first-order valence-electron chi connectivity index (χ1n) is 8.06. The topological polar surface area (TPSA) is 124 Å². The maximum Gasteiger partial charge on any atom is 0.340 e. The molecule has 3 rings (SSSR count). The first-order valence-corrected chi connectivity index (χ1v) is 8.94. The van der Waals surface area contributed by atoms with Gasteiger partial charge >= 0.3 is 5.97 Å². The molecule has 10 heteroatoms. The zero-order valence-corrected chi connectivity index (χ0v) is 15.4. The Balaban J connectivity index is 1.64. The zero-order valence-electron chi connectivity index (χ0n) is 14.6. The quantitative estimate of drug-likeness (QED) is 0.384. The molecule has 0 radical (unpaired) electrons. The van der Waals surface area contributed by atoms with Crippen LogP contribution in [0.1, 0.15) is 17.3 Å². The normalized spacial score (nSPS) is 11.5. The molecule has 9 nitrogen and oxygen atoms in total. The second-order valence-electron chi connectivity index (χ2n) is 5.62. The van der Waals surface area contributed by atoms with Crippen LogP contribution in [-0.2, 0) is 9.53 Å². The molecule has 142 valence electrons. The number of hydrogen-bond acceptors (Lipinski definition) is 8. The largest absolute Gasteiger partial charge is 0.449 e. The first-order chi connectivity index (χ1) is 13.4. The van der Waals surface area contributed by atoms with Crippen LogP contribution in [0, 0.1) is 10.1 Å². The fourth-order valence-corrected chi connectivity index (χ4v) is 2.94. The molecule has 0 aliphatic heterocycles. The summed E-state index contributed by atoms with van der Waals surface area (Å²) in [4.78, 5) is 42.7.